The van der Waals surface area contributed by atoms with Crippen molar-refractivity contribution in [2.45, 2.75) is 26.3 Å². The van der Waals surface area contributed by atoms with Gasteiger partial charge in [-0.05, 0) is 24.6 Å². The molecule has 1 rings (SSSR count). The van der Waals surface area contributed by atoms with Gasteiger partial charge in [0.1, 0.15) is 6.04 Å². The first-order chi connectivity index (χ1) is 8.52. The van der Waals surface area contributed by atoms with Crippen molar-refractivity contribution < 1.29 is 14.3 Å². The van der Waals surface area contributed by atoms with E-state index >= 15 is 0 Å². The minimum atomic E-state index is -0.680. The fourth-order valence-electron chi connectivity index (χ4n) is 1.58. The Morgan fingerprint density at radius 3 is 2.72 bits per heavy atom. The lowest BCUT2D eigenvalue weighted by molar-refractivity contribution is -0.147. The zero-order valence-corrected chi connectivity index (χ0v) is 11.2. The van der Waals surface area contributed by atoms with Crippen molar-refractivity contribution in [2.24, 2.45) is 0 Å². The molecule has 0 saturated carbocycles. The van der Waals surface area contributed by atoms with Crippen LogP contribution >= 0.6 is 11.6 Å². The van der Waals surface area contributed by atoms with E-state index in [4.69, 9.17) is 16.3 Å². The molecule has 1 N–H and O–H groups in total. The molecule has 1 aromatic carbocycles. The first-order valence-electron chi connectivity index (χ1n) is 5.71. The summed E-state index contributed by atoms with van der Waals surface area (Å²) in [7, 11) is 0. The van der Waals surface area contributed by atoms with Crippen molar-refractivity contribution in [2.75, 3.05) is 6.61 Å². The first kappa shape index (κ1) is 14.5. The van der Waals surface area contributed by atoms with Gasteiger partial charge in [-0.1, -0.05) is 23.7 Å². The van der Waals surface area contributed by atoms with Gasteiger partial charge in [-0.15, -0.1) is 0 Å². The lowest BCUT2D eigenvalue weighted by Crippen LogP contribution is -2.42. The van der Waals surface area contributed by atoms with Gasteiger partial charge in [-0.3, -0.25) is 4.79 Å². The summed E-state index contributed by atoms with van der Waals surface area (Å²) in [5.74, 6) is -0.706. The highest BCUT2D eigenvalue weighted by atomic mass is 35.5. The highest BCUT2D eigenvalue weighted by Crippen LogP contribution is 2.12. The number of benzene rings is 1. The van der Waals surface area contributed by atoms with E-state index in [1.54, 1.807) is 25.1 Å². The molecule has 4 nitrogen and oxygen atoms in total. The van der Waals surface area contributed by atoms with Crippen LogP contribution in [-0.4, -0.2) is 24.5 Å². The van der Waals surface area contributed by atoms with Crippen LogP contribution in [0.15, 0.2) is 24.3 Å². The number of carbonyl (C=O) groups is 2. The topological polar surface area (TPSA) is 55.4 Å². The zero-order chi connectivity index (χ0) is 13.5. The summed E-state index contributed by atoms with van der Waals surface area (Å²) in [6.45, 7) is 3.37. The Bertz CT molecular complexity index is 434. The predicted molar refractivity (Wildman–Crippen MR) is 69.4 cm³/mol. The van der Waals surface area contributed by atoms with E-state index < -0.39 is 12.0 Å². The van der Waals surface area contributed by atoms with Crippen molar-refractivity contribution >= 4 is 23.5 Å². The van der Waals surface area contributed by atoms with Crippen LogP contribution in [0.2, 0.25) is 5.02 Å². The molecule has 0 aromatic heterocycles. The molecular weight excluding hydrogens is 254 g/mol. The van der Waals surface area contributed by atoms with Gasteiger partial charge in [0.2, 0.25) is 5.91 Å². The van der Waals surface area contributed by atoms with Crippen LogP contribution < -0.4 is 5.32 Å². The Balaban J connectivity index is 2.77. The van der Waals surface area contributed by atoms with Gasteiger partial charge in [0.25, 0.3) is 0 Å². The van der Waals surface area contributed by atoms with E-state index in [-0.39, 0.29) is 12.5 Å². The molecule has 1 aromatic rings. The Morgan fingerprint density at radius 2 is 2.17 bits per heavy atom. The van der Waals surface area contributed by atoms with E-state index in [1.807, 2.05) is 6.07 Å². The highest BCUT2D eigenvalue weighted by molar-refractivity contribution is 6.30. The number of hydrogen-bond donors (Lipinski definition) is 1. The summed E-state index contributed by atoms with van der Waals surface area (Å²) < 4.78 is 4.92. The number of carbonyl (C=O) groups excluding carboxylic acids is 2. The molecule has 0 fully saturated rings. The zero-order valence-electron chi connectivity index (χ0n) is 10.4. The van der Waals surface area contributed by atoms with Crippen molar-refractivity contribution in [3.8, 4) is 0 Å². The van der Waals surface area contributed by atoms with Crippen LogP contribution in [0.5, 0.6) is 0 Å². The van der Waals surface area contributed by atoms with Gasteiger partial charge < -0.3 is 10.1 Å². The molecule has 18 heavy (non-hydrogen) atoms. The summed E-state index contributed by atoms with van der Waals surface area (Å²) in [6.07, 6.45) is 0.360. The second-order valence-electron chi connectivity index (χ2n) is 3.84. The van der Waals surface area contributed by atoms with Crippen LogP contribution in [0.1, 0.15) is 19.4 Å². The smallest absolute Gasteiger partial charge is 0.328 e. The van der Waals surface area contributed by atoms with Crippen molar-refractivity contribution in [3.05, 3.63) is 34.9 Å². The van der Waals surface area contributed by atoms with Gasteiger partial charge in [-0.25, -0.2) is 4.79 Å². The van der Waals surface area contributed by atoms with Gasteiger partial charge >= 0.3 is 5.97 Å². The van der Waals surface area contributed by atoms with Gasteiger partial charge in [0.15, 0.2) is 0 Å². The number of nitrogens with one attached hydrogen (secondary N) is 1. The second-order valence-corrected chi connectivity index (χ2v) is 4.28. The lowest BCUT2D eigenvalue weighted by Gasteiger charge is -2.16. The van der Waals surface area contributed by atoms with Crippen LogP contribution in [0.4, 0.5) is 0 Å². The number of hydrogen-bond acceptors (Lipinski definition) is 3. The Hall–Kier alpha value is -1.55. The van der Waals surface area contributed by atoms with Crippen LogP contribution in [0.3, 0.4) is 0 Å². The third kappa shape index (κ3) is 4.75. The number of ether oxygens (including phenoxy) is 1. The maximum Gasteiger partial charge on any atom is 0.328 e. The summed E-state index contributed by atoms with van der Waals surface area (Å²) in [5, 5.41) is 3.17. The standard InChI is InChI=1S/C13H16ClNO3/c1-3-18-13(17)12(15-9(2)16)8-10-5-4-6-11(14)7-10/h4-7,12H,3,8H2,1-2H3,(H,15,16). The number of rotatable bonds is 5. The Kier molecular flexibility index (Phi) is 5.65. The predicted octanol–water partition coefficient (Wildman–Crippen LogP) is 1.95. The van der Waals surface area contributed by atoms with E-state index in [1.165, 1.54) is 6.92 Å². The van der Waals surface area contributed by atoms with Gasteiger partial charge in [0, 0.05) is 18.4 Å². The molecule has 98 valence electrons. The lowest BCUT2D eigenvalue weighted by atomic mass is 10.1. The maximum atomic E-state index is 11.7. The SMILES string of the molecule is CCOC(=O)C(Cc1cccc(Cl)c1)NC(C)=O. The number of esters is 1. The molecule has 0 saturated heterocycles. The minimum Gasteiger partial charge on any atom is -0.464 e. The minimum absolute atomic E-state index is 0.268. The largest absolute Gasteiger partial charge is 0.464 e. The van der Waals surface area contributed by atoms with E-state index in [0.717, 1.165) is 5.56 Å². The molecular formula is C13H16ClNO3. The molecule has 0 heterocycles. The monoisotopic (exact) mass is 269 g/mol. The normalized spacial score (nSPS) is 11.7. The molecule has 0 aliphatic carbocycles. The average Bonchev–Trinajstić information content (AvgIpc) is 2.28. The van der Waals surface area contributed by atoms with Crippen LogP contribution in [0, 0.1) is 0 Å². The summed E-state index contributed by atoms with van der Waals surface area (Å²) in [6, 6.07) is 6.48. The summed E-state index contributed by atoms with van der Waals surface area (Å²) in [4.78, 5) is 22.8. The average molecular weight is 270 g/mol. The summed E-state index contributed by atoms with van der Waals surface area (Å²) in [5.41, 5.74) is 0.870. The Morgan fingerprint density at radius 1 is 1.44 bits per heavy atom. The van der Waals surface area contributed by atoms with Crippen LogP contribution in [0.25, 0.3) is 0 Å². The number of halogens is 1. The molecule has 0 radical (unpaired) electrons. The summed E-state index contributed by atoms with van der Waals surface area (Å²) >= 11 is 5.87. The van der Waals surface area contributed by atoms with Crippen LogP contribution in [-0.2, 0) is 20.7 Å². The van der Waals surface area contributed by atoms with E-state index in [0.29, 0.717) is 11.4 Å². The third-order valence-corrected chi connectivity index (χ3v) is 2.51. The van der Waals surface area contributed by atoms with Crippen molar-refractivity contribution in [1.29, 1.82) is 0 Å². The van der Waals surface area contributed by atoms with Gasteiger partial charge in [-0.2, -0.15) is 0 Å². The third-order valence-electron chi connectivity index (χ3n) is 2.28. The molecule has 0 spiro atoms. The molecule has 0 aliphatic heterocycles. The first-order valence-corrected chi connectivity index (χ1v) is 6.09. The maximum absolute atomic E-state index is 11.7. The second kappa shape index (κ2) is 7.01. The molecule has 0 aliphatic rings. The fourth-order valence-corrected chi connectivity index (χ4v) is 1.79. The quantitative estimate of drug-likeness (QED) is 0.832. The Labute approximate surface area is 111 Å². The van der Waals surface area contributed by atoms with E-state index in [2.05, 4.69) is 5.32 Å². The van der Waals surface area contributed by atoms with Crippen molar-refractivity contribution in [1.82, 2.24) is 5.32 Å². The van der Waals surface area contributed by atoms with Crippen molar-refractivity contribution in [3.63, 3.8) is 0 Å². The fraction of sp³-hybridized carbons (Fsp3) is 0.385. The number of amides is 1. The highest BCUT2D eigenvalue weighted by Gasteiger charge is 2.21. The van der Waals surface area contributed by atoms with E-state index in [9.17, 15) is 9.59 Å². The van der Waals surface area contributed by atoms with Gasteiger partial charge in [0.05, 0.1) is 6.61 Å². The molecule has 0 bridgehead atoms. The molecule has 1 unspecified atom stereocenters. The molecule has 1 amide bonds. The molecule has 1 atom stereocenters. The molecule has 5 heteroatoms.